The highest BCUT2D eigenvalue weighted by atomic mass is 31.2. The number of hydrogen-bond donors (Lipinski definition) is 3. The summed E-state index contributed by atoms with van der Waals surface area (Å²) >= 11 is 0. The first-order valence-corrected chi connectivity index (χ1v) is 11.2. The molecule has 2 heterocycles. The summed E-state index contributed by atoms with van der Waals surface area (Å²) < 4.78 is 36.5. The lowest BCUT2D eigenvalue weighted by molar-refractivity contribution is -0.138. The molecule has 0 aliphatic carbocycles. The van der Waals surface area contributed by atoms with Gasteiger partial charge in [0.15, 0.2) is 12.5 Å². The number of ether oxygens (including phenoxy) is 2. The largest absolute Gasteiger partial charge is 0.480 e. The molecule has 0 spiro atoms. The van der Waals surface area contributed by atoms with Gasteiger partial charge in [0.2, 0.25) is 0 Å². The summed E-state index contributed by atoms with van der Waals surface area (Å²) in [5.74, 6) is -0.886. The van der Waals surface area contributed by atoms with Crippen LogP contribution in [0.1, 0.15) is 24.3 Å². The number of benzene rings is 1. The molecule has 2 aromatic rings. The van der Waals surface area contributed by atoms with Crippen LogP contribution in [0.15, 0.2) is 35.3 Å². The number of nitrogens with two attached hydrogens (primary N) is 1. The zero-order valence-electron chi connectivity index (χ0n) is 17.8. The smallest absolute Gasteiger partial charge is 0.459 e. The molecule has 3 rings (SSSR count). The van der Waals surface area contributed by atoms with Crippen LogP contribution in [0.3, 0.4) is 0 Å². The topological polar surface area (TPSA) is 164 Å². The molecule has 0 saturated carbocycles. The number of aryl methyl sites for hydroxylation is 2. The first-order valence-electron chi connectivity index (χ1n) is 9.70. The summed E-state index contributed by atoms with van der Waals surface area (Å²) in [7, 11) is -4.12. The Kier molecular flexibility index (Phi) is 7.32. The van der Waals surface area contributed by atoms with Crippen molar-refractivity contribution in [2.75, 3.05) is 18.9 Å². The number of nitrogens with zero attached hydrogens (tertiary/aromatic N) is 2. The van der Waals surface area contributed by atoms with E-state index in [4.69, 9.17) is 29.4 Å². The molecular weight excluding hydrogens is 443 g/mol. The highest BCUT2D eigenvalue weighted by Gasteiger charge is 2.35. The van der Waals surface area contributed by atoms with Crippen molar-refractivity contribution in [1.82, 2.24) is 14.6 Å². The molecule has 0 radical (unpaired) electrons. The normalized spacial score (nSPS) is 21.1. The van der Waals surface area contributed by atoms with Crippen LogP contribution in [0.5, 0.6) is 5.75 Å². The number of anilines is 1. The summed E-state index contributed by atoms with van der Waals surface area (Å²) in [5, 5.41) is 11.5. The molecule has 4 atom stereocenters. The van der Waals surface area contributed by atoms with Gasteiger partial charge in [0.1, 0.15) is 24.2 Å². The molecule has 1 aromatic heterocycles. The van der Waals surface area contributed by atoms with Crippen LogP contribution in [0.4, 0.5) is 5.82 Å². The van der Waals surface area contributed by atoms with Crippen LogP contribution in [0, 0.1) is 13.8 Å². The van der Waals surface area contributed by atoms with Crippen molar-refractivity contribution >= 4 is 19.5 Å². The molecule has 1 saturated heterocycles. The monoisotopic (exact) mass is 468 g/mol. The third-order valence-electron chi connectivity index (χ3n) is 4.57. The summed E-state index contributed by atoms with van der Waals surface area (Å²) in [5.41, 5.74) is 6.58. The Bertz CT molecular complexity index is 1070. The zero-order valence-corrected chi connectivity index (χ0v) is 18.7. The van der Waals surface area contributed by atoms with E-state index >= 15 is 0 Å². The minimum Gasteiger partial charge on any atom is -0.480 e. The summed E-state index contributed by atoms with van der Waals surface area (Å²) in [6.45, 7) is 4.54. The molecular formula is C19H25N4O8P. The van der Waals surface area contributed by atoms with Crippen molar-refractivity contribution in [3.63, 3.8) is 0 Å². The van der Waals surface area contributed by atoms with E-state index in [0.29, 0.717) is 5.56 Å². The molecule has 4 N–H and O–H groups in total. The second-order valence-corrected chi connectivity index (χ2v) is 8.93. The Morgan fingerprint density at radius 3 is 2.75 bits per heavy atom. The van der Waals surface area contributed by atoms with Gasteiger partial charge in [-0.3, -0.25) is 13.9 Å². The van der Waals surface area contributed by atoms with Crippen molar-refractivity contribution in [2.45, 2.75) is 39.3 Å². The van der Waals surface area contributed by atoms with Gasteiger partial charge in [-0.1, -0.05) is 17.7 Å². The Hall–Kier alpha value is -2.76. The third-order valence-corrected chi connectivity index (χ3v) is 6.21. The van der Waals surface area contributed by atoms with Gasteiger partial charge in [0, 0.05) is 11.8 Å². The molecule has 12 nitrogen and oxygen atoms in total. The van der Waals surface area contributed by atoms with Gasteiger partial charge in [0.05, 0.1) is 6.61 Å². The maximum atomic E-state index is 13.2. The minimum atomic E-state index is -4.12. The molecule has 1 unspecified atom stereocenters. The molecule has 174 valence electrons. The molecule has 1 fully saturated rings. The summed E-state index contributed by atoms with van der Waals surface area (Å²) in [4.78, 5) is 27.0. The number of carboxylic acid groups (broad SMARTS) is 1. The quantitative estimate of drug-likeness (QED) is 0.458. The SMILES string of the molecule is Cc1ccc(OP(=O)(N[C@@H](C)C(=O)O)OC[C@H]2OC[C@@H](n3cc(C)c(N)nc3=O)O2)cc1. The van der Waals surface area contributed by atoms with Gasteiger partial charge < -0.3 is 24.8 Å². The van der Waals surface area contributed by atoms with Crippen LogP contribution in [0.2, 0.25) is 0 Å². The van der Waals surface area contributed by atoms with Crippen molar-refractivity contribution in [3.8, 4) is 5.75 Å². The molecule has 32 heavy (non-hydrogen) atoms. The van der Waals surface area contributed by atoms with Gasteiger partial charge in [-0.05, 0) is 32.9 Å². The van der Waals surface area contributed by atoms with E-state index in [1.54, 1.807) is 31.2 Å². The van der Waals surface area contributed by atoms with Crippen LogP contribution < -0.4 is 21.0 Å². The highest BCUT2D eigenvalue weighted by molar-refractivity contribution is 7.52. The van der Waals surface area contributed by atoms with Crippen LogP contribution in [-0.4, -0.2) is 46.2 Å². The predicted octanol–water partition coefficient (Wildman–Crippen LogP) is 1.58. The van der Waals surface area contributed by atoms with E-state index in [1.807, 2.05) is 6.92 Å². The molecule has 1 aliphatic rings. The lowest BCUT2D eigenvalue weighted by Gasteiger charge is -2.23. The number of aliphatic carboxylic acids is 1. The van der Waals surface area contributed by atoms with Gasteiger partial charge in [-0.25, -0.2) is 9.36 Å². The average molecular weight is 468 g/mol. The Morgan fingerprint density at radius 2 is 2.09 bits per heavy atom. The number of hydrogen-bond acceptors (Lipinski definition) is 9. The van der Waals surface area contributed by atoms with Gasteiger partial charge in [-0.2, -0.15) is 10.1 Å². The number of rotatable bonds is 9. The fraction of sp³-hybridized carbons (Fsp3) is 0.421. The van der Waals surface area contributed by atoms with Crippen molar-refractivity contribution in [3.05, 3.63) is 52.1 Å². The second-order valence-electron chi connectivity index (χ2n) is 7.24. The Labute approximate surface area is 183 Å². The first-order chi connectivity index (χ1) is 15.1. The van der Waals surface area contributed by atoms with Crippen molar-refractivity contribution in [2.24, 2.45) is 0 Å². The lowest BCUT2D eigenvalue weighted by Crippen LogP contribution is -2.34. The number of aromatic nitrogens is 2. The van der Waals surface area contributed by atoms with E-state index in [2.05, 4.69) is 10.1 Å². The summed E-state index contributed by atoms with van der Waals surface area (Å²) in [6.07, 6.45) is -0.267. The minimum absolute atomic E-state index is 0.0149. The van der Waals surface area contributed by atoms with Crippen LogP contribution >= 0.6 is 7.75 Å². The van der Waals surface area contributed by atoms with Crippen LogP contribution in [-0.2, 0) is 23.4 Å². The van der Waals surface area contributed by atoms with Crippen molar-refractivity contribution in [1.29, 1.82) is 0 Å². The molecule has 0 amide bonds. The van der Waals surface area contributed by atoms with E-state index in [0.717, 1.165) is 5.56 Å². The molecule has 1 aromatic carbocycles. The maximum absolute atomic E-state index is 13.2. The average Bonchev–Trinajstić information content (AvgIpc) is 3.20. The highest BCUT2D eigenvalue weighted by Crippen LogP contribution is 2.45. The fourth-order valence-electron chi connectivity index (χ4n) is 2.74. The number of carbonyl (C=O) groups is 1. The lowest BCUT2D eigenvalue weighted by atomic mass is 10.2. The molecule has 0 bridgehead atoms. The maximum Gasteiger partial charge on any atom is 0.459 e. The van der Waals surface area contributed by atoms with Crippen molar-refractivity contribution < 1.29 is 33.0 Å². The Morgan fingerprint density at radius 1 is 1.41 bits per heavy atom. The molecule has 1 aliphatic heterocycles. The van der Waals surface area contributed by atoms with E-state index in [-0.39, 0.29) is 24.8 Å². The van der Waals surface area contributed by atoms with Crippen LogP contribution in [0.25, 0.3) is 0 Å². The first kappa shape index (κ1) is 23.9. The van der Waals surface area contributed by atoms with E-state index in [9.17, 15) is 14.2 Å². The fourth-order valence-corrected chi connectivity index (χ4v) is 4.22. The standard InChI is InChI=1S/C19H25N4O8P/c1-11-4-6-14(7-5-11)31-32(27,22-13(3)18(24)25)29-10-16-28-9-15(30-16)23-8-12(2)17(20)21-19(23)26/h4-8,13,15-16H,9-10H2,1-3H3,(H,22,27)(H,24,25)(H2,20,21,26)/t13-,15-,16-,32?/m0/s1. The second kappa shape index (κ2) is 9.80. The molecule has 13 heteroatoms. The Balaban J connectivity index is 1.68. The number of carboxylic acids is 1. The van der Waals surface area contributed by atoms with Gasteiger partial charge in [-0.15, -0.1) is 0 Å². The van der Waals surface area contributed by atoms with Gasteiger partial charge >= 0.3 is 19.4 Å². The third kappa shape index (κ3) is 5.93. The number of nitrogen functional groups attached to an aromatic ring is 1. The number of nitrogens with one attached hydrogen (secondary N) is 1. The zero-order chi connectivity index (χ0) is 23.5. The van der Waals surface area contributed by atoms with E-state index in [1.165, 1.54) is 17.7 Å². The van der Waals surface area contributed by atoms with E-state index < -0.39 is 38.0 Å². The predicted molar refractivity (Wildman–Crippen MR) is 113 cm³/mol. The summed E-state index contributed by atoms with van der Waals surface area (Å²) in [6, 6.07) is 5.44. The van der Waals surface area contributed by atoms with Gasteiger partial charge in [0.25, 0.3) is 0 Å².